The van der Waals surface area contributed by atoms with Crippen LogP contribution in [0.5, 0.6) is 0 Å². The van der Waals surface area contributed by atoms with Gasteiger partial charge in [0, 0.05) is 0 Å². The van der Waals surface area contributed by atoms with E-state index in [4.69, 9.17) is 0 Å². The summed E-state index contributed by atoms with van der Waals surface area (Å²) in [6.45, 7) is 0. The summed E-state index contributed by atoms with van der Waals surface area (Å²) in [6.07, 6.45) is 0. The Morgan fingerprint density at radius 3 is 1.29 bits per heavy atom. The van der Waals surface area contributed by atoms with Gasteiger partial charge in [-0.1, -0.05) is 22.6 Å². The maximum absolute atomic E-state index is 9.19. The third-order valence-corrected chi connectivity index (χ3v) is 0. The number of halogens is 1. The standard InChI is InChI=1S/CH3I.H4N2O2S/c1-2;1-5(2,3)4/h1H3;(H4,1,2,3,4). The second-order valence-corrected chi connectivity index (χ2v) is 1.77. The third-order valence-electron chi connectivity index (χ3n) is 0. The predicted molar refractivity (Wildman–Crippen MR) is 37.2 cm³/mol. The molecule has 0 aromatic heterocycles. The summed E-state index contributed by atoms with van der Waals surface area (Å²) >= 11 is 2.15. The van der Waals surface area contributed by atoms with E-state index in [0.717, 1.165) is 0 Å². The molecule has 0 aliphatic carbocycles. The van der Waals surface area contributed by atoms with Crippen molar-refractivity contribution in [1.82, 2.24) is 0 Å². The van der Waals surface area contributed by atoms with Gasteiger partial charge in [0.2, 0.25) is 0 Å². The molecule has 0 aliphatic rings. The van der Waals surface area contributed by atoms with Gasteiger partial charge >= 0.3 is 0 Å². The molecule has 0 saturated carbocycles. The van der Waals surface area contributed by atoms with Gasteiger partial charge in [0.1, 0.15) is 0 Å². The molecule has 0 radical (unpaired) electrons. The number of hydrogen-bond donors (Lipinski definition) is 2. The van der Waals surface area contributed by atoms with E-state index in [1.54, 1.807) is 0 Å². The molecule has 4 nitrogen and oxygen atoms in total. The van der Waals surface area contributed by atoms with Gasteiger partial charge in [-0.25, -0.2) is 10.3 Å². The van der Waals surface area contributed by atoms with Crippen LogP contribution in [0.1, 0.15) is 0 Å². The molecule has 0 unspecified atom stereocenters. The second kappa shape index (κ2) is 4.75. The molecule has 0 spiro atoms. The van der Waals surface area contributed by atoms with Crippen LogP contribution in [0.15, 0.2) is 0 Å². The molecule has 4 N–H and O–H groups in total. The van der Waals surface area contributed by atoms with Crippen molar-refractivity contribution in [3.05, 3.63) is 0 Å². The molecule has 46 valence electrons. The molecule has 0 rings (SSSR count). The molecule has 7 heavy (non-hydrogen) atoms. The summed E-state index contributed by atoms with van der Waals surface area (Å²) in [7, 11) is -3.67. The van der Waals surface area contributed by atoms with Crippen molar-refractivity contribution in [3.63, 3.8) is 0 Å². The molecule has 0 amide bonds. The zero-order valence-electron chi connectivity index (χ0n) is 3.76. The lowest BCUT2D eigenvalue weighted by Crippen LogP contribution is -2.21. The molecule has 0 atom stereocenters. The van der Waals surface area contributed by atoms with E-state index in [-0.39, 0.29) is 0 Å². The first-order valence-electron chi connectivity index (χ1n) is 1.18. The second-order valence-electron chi connectivity index (χ2n) is 0.589. The Labute approximate surface area is 56.6 Å². The van der Waals surface area contributed by atoms with Crippen molar-refractivity contribution >= 4 is 32.8 Å². The zero-order valence-corrected chi connectivity index (χ0v) is 6.73. The van der Waals surface area contributed by atoms with Crippen LogP contribution in [0.2, 0.25) is 0 Å². The highest BCUT2D eigenvalue weighted by Gasteiger charge is 1.78. The summed E-state index contributed by atoms with van der Waals surface area (Å²) in [5, 5.41) is 8.21. The first-order valence-corrected chi connectivity index (χ1v) is 4.95. The summed E-state index contributed by atoms with van der Waals surface area (Å²) in [4.78, 5) is 1.97. The van der Waals surface area contributed by atoms with Crippen LogP contribution in [-0.4, -0.2) is 13.3 Å². The topological polar surface area (TPSA) is 86.2 Å². The molecule has 0 aliphatic heterocycles. The summed E-state index contributed by atoms with van der Waals surface area (Å²) in [5.74, 6) is 0. The number of nitrogens with two attached hydrogens (primary N) is 2. The van der Waals surface area contributed by atoms with E-state index in [2.05, 4.69) is 32.9 Å². The Bertz CT molecular complexity index is 98.9. The highest BCUT2D eigenvalue weighted by molar-refractivity contribution is 14.1. The minimum Gasteiger partial charge on any atom is -0.216 e. The fourth-order valence-electron chi connectivity index (χ4n) is 0. The van der Waals surface area contributed by atoms with Gasteiger partial charge in [0.15, 0.2) is 0 Å². The molecular formula is CH7IN2O2S. The maximum Gasteiger partial charge on any atom is 0.271 e. The lowest BCUT2D eigenvalue weighted by molar-refractivity contribution is 0.599. The normalized spacial score (nSPS) is 9.14. The monoisotopic (exact) mass is 238 g/mol. The minimum atomic E-state index is -3.67. The quantitative estimate of drug-likeness (QED) is 0.427. The SMILES string of the molecule is CI.NS(N)(=O)=O. The van der Waals surface area contributed by atoms with E-state index >= 15 is 0 Å². The van der Waals surface area contributed by atoms with Crippen LogP contribution < -0.4 is 10.3 Å². The molecule has 0 saturated heterocycles. The van der Waals surface area contributed by atoms with E-state index < -0.39 is 10.2 Å². The van der Waals surface area contributed by atoms with Crippen LogP contribution >= 0.6 is 22.6 Å². The summed E-state index contributed by atoms with van der Waals surface area (Å²) in [5.41, 5.74) is 0. The molecule has 0 bridgehead atoms. The Morgan fingerprint density at radius 1 is 1.29 bits per heavy atom. The largest absolute Gasteiger partial charge is 0.271 e. The van der Waals surface area contributed by atoms with Crippen LogP contribution in [0.25, 0.3) is 0 Å². The molecule has 0 heterocycles. The highest BCUT2D eigenvalue weighted by Crippen LogP contribution is 1.48. The Hall–Kier alpha value is 0.600. The zero-order chi connectivity index (χ0) is 6.50. The summed E-state index contributed by atoms with van der Waals surface area (Å²) < 4.78 is 18.4. The van der Waals surface area contributed by atoms with Gasteiger partial charge in [-0.15, -0.1) is 0 Å². The van der Waals surface area contributed by atoms with Gasteiger partial charge in [-0.05, 0) is 4.93 Å². The number of rotatable bonds is 0. The van der Waals surface area contributed by atoms with Gasteiger partial charge in [-0.2, -0.15) is 8.42 Å². The van der Waals surface area contributed by atoms with Crippen LogP contribution in [0.4, 0.5) is 0 Å². The van der Waals surface area contributed by atoms with Crippen LogP contribution in [-0.2, 0) is 10.2 Å². The lowest BCUT2D eigenvalue weighted by atomic mass is 12.0. The van der Waals surface area contributed by atoms with Gasteiger partial charge < -0.3 is 0 Å². The van der Waals surface area contributed by atoms with Crippen LogP contribution in [0, 0.1) is 0 Å². The third kappa shape index (κ3) is 388. The first-order chi connectivity index (χ1) is 3.00. The van der Waals surface area contributed by atoms with Crippen molar-refractivity contribution < 1.29 is 8.42 Å². The highest BCUT2D eigenvalue weighted by atomic mass is 127. The van der Waals surface area contributed by atoms with Crippen molar-refractivity contribution in [2.24, 2.45) is 10.3 Å². The molecule has 0 aromatic carbocycles. The lowest BCUT2D eigenvalue weighted by Gasteiger charge is -1.72. The van der Waals surface area contributed by atoms with Crippen molar-refractivity contribution in [2.45, 2.75) is 0 Å². The Balaban J connectivity index is 0. The number of alkyl halides is 1. The fraction of sp³-hybridized carbons (Fsp3) is 1.00. The van der Waals surface area contributed by atoms with Crippen LogP contribution in [0.3, 0.4) is 0 Å². The van der Waals surface area contributed by atoms with Crippen molar-refractivity contribution in [1.29, 1.82) is 0 Å². The Kier molecular flexibility index (Phi) is 7.17. The van der Waals surface area contributed by atoms with E-state index in [9.17, 15) is 8.42 Å². The molecular weight excluding hydrogens is 231 g/mol. The maximum atomic E-state index is 9.19. The molecule has 6 heteroatoms. The fourth-order valence-corrected chi connectivity index (χ4v) is 0. The average Bonchev–Trinajstić information content (AvgIpc) is 1.36. The van der Waals surface area contributed by atoms with Crippen molar-refractivity contribution in [3.8, 4) is 0 Å². The first kappa shape index (κ1) is 10.6. The molecule has 0 aromatic rings. The van der Waals surface area contributed by atoms with Gasteiger partial charge in [0.05, 0.1) is 0 Å². The minimum absolute atomic E-state index is 1.97. The van der Waals surface area contributed by atoms with E-state index in [0.29, 0.717) is 0 Å². The van der Waals surface area contributed by atoms with E-state index in [1.807, 2.05) is 4.93 Å². The Morgan fingerprint density at radius 2 is 1.29 bits per heavy atom. The smallest absolute Gasteiger partial charge is 0.216 e. The number of hydrogen-bond acceptors (Lipinski definition) is 2. The summed E-state index contributed by atoms with van der Waals surface area (Å²) in [6, 6.07) is 0. The predicted octanol–water partition coefficient (Wildman–Crippen LogP) is -0.800. The van der Waals surface area contributed by atoms with Crippen molar-refractivity contribution in [2.75, 3.05) is 4.93 Å². The van der Waals surface area contributed by atoms with E-state index in [1.165, 1.54) is 0 Å². The van der Waals surface area contributed by atoms with Gasteiger partial charge in [-0.3, -0.25) is 0 Å². The average molecular weight is 238 g/mol. The molecule has 0 fully saturated rings. The van der Waals surface area contributed by atoms with Gasteiger partial charge in [0.25, 0.3) is 10.2 Å².